The van der Waals surface area contributed by atoms with Crippen LogP contribution in [0.4, 0.5) is 0 Å². The van der Waals surface area contributed by atoms with Crippen molar-refractivity contribution in [2.75, 3.05) is 19.8 Å². The van der Waals surface area contributed by atoms with Crippen LogP contribution in [-0.4, -0.2) is 140 Å². The Morgan fingerprint density at radius 3 is 1.38 bits per heavy atom. The van der Waals surface area contributed by atoms with Gasteiger partial charge in [-0.1, -0.05) is 221 Å². The van der Waals surface area contributed by atoms with Crippen molar-refractivity contribution in [2.45, 2.75) is 286 Å². The lowest BCUT2D eigenvalue weighted by Gasteiger charge is -2.46. The number of carbonyl (C=O) groups is 1. The molecule has 0 saturated carbocycles. The van der Waals surface area contributed by atoms with Crippen LogP contribution < -0.4 is 5.32 Å². The van der Waals surface area contributed by atoms with Crippen LogP contribution in [0, 0.1) is 0 Å². The molecule has 0 spiro atoms. The zero-order valence-corrected chi connectivity index (χ0v) is 47.7. The minimum absolute atomic E-state index is 0.215. The summed E-state index contributed by atoms with van der Waals surface area (Å²) >= 11 is 0. The quantitative estimate of drug-likeness (QED) is 0.0204. The highest BCUT2D eigenvalue weighted by atomic mass is 16.7. The Bertz CT molecular complexity index is 1610. The van der Waals surface area contributed by atoms with E-state index in [0.29, 0.717) is 12.8 Å². The lowest BCUT2D eigenvalue weighted by Crippen LogP contribution is -2.65. The molecule has 1 amide bonds. The average molecular weight is 1090 g/mol. The van der Waals surface area contributed by atoms with Gasteiger partial charge in [-0.2, -0.15) is 0 Å². The molecule has 2 heterocycles. The Kier molecular flexibility index (Phi) is 43.7. The average Bonchev–Trinajstić information content (AvgIpc) is 3.44. The second kappa shape index (κ2) is 47.9. The smallest absolute Gasteiger partial charge is 0.220 e. The molecule has 12 atom stereocenters. The molecule has 0 bridgehead atoms. The molecule has 14 nitrogen and oxygen atoms in total. The number of aliphatic hydroxyl groups excluding tert-OH is 8. The van der Waals surface area contributed by atoms with Crippen LogP contribution in [0.15, 0.2) is 85.1 Å². The van der Waals surface area contributed by atoms with Crippen LogP contribution in [0.25, 0.3) is 0 Å². The lowest BCUT2D eigenvalue weighted by molar-refractivity contribution is -0.359. The maximum atomic E-state index is 13.2. The number of aliphatic hydroxyl groups is 8. The van der Waals surface area contributed by atoms with E-state index < -0.39 is 86.8 Å². The summed E-state index contributed by atoms with van der Waals surface area (Å²) in [6.45, 7) is 2.69. The van der Waals surface area contributed by atoms with Gasteiger partial charge in [0.15, 0.2) is 12.6 Å². The van der Waals surface area contributed by atoms with E-state index in [2.05, 4.69) is 104 Å². The minimum Gasteiger partial charge on any atom is -0.394 e. The molecule has 2 aliphatic rings. The topological polar surface area (TPSA) is 228 Å². The van der Waals surface area contributed by atoms with Crippen LogP contribution in [0.3, 0.4) is 0 Å². The second-order valence-corrected chi connectivity index (χ2v) is 21.1. The number of rotatable bonds is 47. The predicted molar refractivity (Wildman–Crippen MR) is 309 cm³/mol. The highest BCUT2D eigenvalue weighted by Gasteiger charge is 2.51. The van der Waals surface area contributed by atoms with Crippen LogP contribution in [-0.2, 0) is 23.7 Å². The molecule has 2 rings (SSSR count). The monoisotopic (exact) mass is 1090 g/mol. The molecule has 0 aliphatic carbocycles. The van der Waals surface area contributed by atoms with Gasteiger partial charge in [0, 0.05) is 6.42 Å². The number of unbranched alkanes of at least 4 members (excludes halogenated alkanes) is 20. The van der Waals surface area contributed by atoms with E-state index in [1.54, 1.807) is 0 Å². The third kappa shape index (κ3) is 33.5. The molecule has 2 saturated heterocycles. The summed E-state index contributed by atoms with van der Waals surface area (Å²) in [5.74, 6) is -0.215. The first-order valence-corrected chi connectivity index (χ1v) is 30.3. The summed E-state index contributed by atoms with van der Waals surface area (Å²) < 4.78 is 22.7. The first-order chi connectivity index (χ1) is 37.6. The van der Waals surface area contributed by atoms with E-state index >= 15 is 0 Å². The molecule has 12 unspecified atom stereocenters. The number of hydrogen-bond acceptors (Lipinski definition) is 13. The van der Waals surface area contributed by atoms with Gasteiger partial charge >= 0.3 is 0 Å². The molecule has 444 valence electrons. The first-order valence-electron chi connectivity index (χ1n) is 30.3. The molecule has 2 aliphatic heterocycles. The second-order valence-electron chi connectivity index (χ2n) is 21.1. The van der Waals surface area contributed by atoms with E-state index in [1.807, 2.05) is 0 Å². The number of allylic oxidation sites excluding steroid dienone is 14. The zero-order valence-electron chi connectivity index (χ0n) is 47.7. The number of hydrogen-bond donors (Lipinski definition) is 9. The van der Waals surface area contributed by atoms with Gasteiger partial charge in [0.1, 0.15) is 48.8 Å². The van der Waals surface area contributed by atoms with Gasteiger partial charge in [-0.15, -0.1) is 0 Å². The molecule has 77 heavy (non-hydrogen) atoms. The third-order valence-corrected chi connectivity index (χ3v) is 14.4. The van der Waals surface area contributed by atoms with E-state index in [4.69, 9.17) is 18.9 Å². The SMILES string of the molecule is CC/C=C\C/C=C\C/C=C\C/C=C\C/C=C\C/C=C\C/C=C\CCCCCCCCCCCCCCCC(=O)NC(COC1OC(CO)C(OC2OC(CO)C(O)C(O)C2O)C(O)C1O)C(O)CCCCCCCCCC. The van der Waals surface area contributed by atoms with E-state index in [0.717, 1.165) is 103 Å². The Hall–Kier alpha value is -2.83. The van der Waals surface area contributed by atoms with Crippen molar-refractivity contribution in [3.05, 3.63) is 85.1 Å². The molecular formula is C63H109NO13. The minimum atomic E-state index is -1.78. The highest BCUT2D eigenvalue weighted by molar-refractivity contribution is 5.76. The van der Waals surface area contributed by atoms with Crippen molar-refractivity contribution in [3.63, 3.8) is 0 Å². The molecular weight excluding hydrogens is 979 g/mol. The standard InChI is InChI=1S/C63H109NO13/c1-3-5-7-9-11-13-14-15-16-17-18-19-20-21-22-23-24-25-26-27-28-29-30-31-32-33-34-35-36-37-38-39-41-43-45-47-55(68)64-51(52(67)46-44-42-40-12-10-8-6-4-2)50-74-62-60(73)58(71)61(54(49-66)76-62)77-63-59(72)57(70)56(69)53(48-65)75-63/h5,7,11,13,15-16,18-19,21-22,24-25,27-28,51-54,56-63,65-67,69-73H,3-4,6,8-10,12,14,17,20,23,26,29-50H2,1-2H3,(H,64,68)/b7-5-,13-11-,16-15-,19-18-,22-21-,25-24-,28-27-. The van der Waals surface area contributed by atoms with Gasteiger partial charge in [0.05, 0.1) is 32.0 Å². The Morgan fingerprint density at radius 2 is 0.896 bits per heavy atom. The van der Waals surface area contributed by atoms with Crippen LogP contribution in [0.1, 0.15) is 213 Å². The molecule has 0 aromatic carbocycles. The van der Waals surface area contributed by atoms with E-state index in [-0.39, 0.29) is 12.5 Å². The van der Waals surface area contributed by atoms with Gasteiger partial charge < -0.3 is 65.1 Å². The van der Waals surface area contributed by atoms with Crippen molar-refractivity contribution in [1.29, 1.82) is 0 Å². The van der Waals surface area contributed by atoms with Gasteiger partial charge in [-0.05, 0) is 70.6 Å². The molecule has 0 radical (unpaired) electrons. The molecule has 9 N–H and O–H groups in total. The van der Waals surface area contributed by atoms with Crippen LogP contribution >= 0.6 is 0 Å². The molecule has 2 fully saturated rings. The molecule has 0 aromatic rings. The largest absolute Gasteiger partial charge is 0.394 e. The third-order valence-electron chi connectivity index (χ3n) is 14.4. The van der Waals surface area contributed by atoms with Gasteiger partial charge in [0.25, 0.3) is 0 Å². The fourth-order valence-electron chi connectivity index (χ4n) is 9.51. The van der Waals surface area contributed by atoms with E-state index in [9.17, 15) is 45.6 Å². The fourth-order valence-corrected chi connectivity index (χ4v) is 9.51. The first kappa shape index (κ1) is 70.3. The number of carbonyl (C=O) groups excluding carboxylic acids is 1. The van der Waals surface area contributed by atoms with Crippen LogP contribution in [0.2, 0.25) is 0 Å². The van der Waals surface area contributed by atoms with Crippen molar-refractivity contribution in [1.82, 2.24) is 5.32 Å². The number of ether oxygens (including phenoxy) is 4. The maximum Gasteiger partial charge on any atom is 0.220 e. The summed E-state index contributed by atoms with van der Waals surface area (Å²) in [5.41, 5.74) is 0. The summed E-state index contributed by atoms with van der Waals surface area (Å²) in [4.78, 5) is 13.2. The van der Waals surface area contributed by atoms with Crippen molar-refractivity contribution < 1.29 is 64.6 Å². The Labute approximate surface area is 465 Å². The summed E-state index contributed by atoms with van der Waals surface area (Å²) in [6.07, 6.45) is 47.7. The van der Waals surface area contributed by atoms with Gasteiger partial charge in [0.2, 0.25) is 5.91 Å². The molecule has 0 aromatic heterocycles. The van der Waals surface area contributed by atoms with E-state index in [1.165, 1.54) is 83.5 Å². The number of nitrogens with one attached hydrogen (secondary N) is 1. The summed E-state index contributed by atoms with van der Waals surface area (Å²) in [5, 5.41) is 86.9. The van der Waals surface area contributed by atoms with Crippen molar-refractivity contribution in [2.24, 2.45) is 0 Å². The number of amides is 1. The lowest BCUT2D eigenvalue weighted by atomic mass is 9.97. The molecule has 14 heteroatoms. The Morgan fingerprint density at radius 1 is 0.481 bits per heavy atom. The Balaban J connectivity index is 1.59. The summed E-state index contributed by atoms with van der Waals surface area (Å²) in [6, 6.07) is -0.831. The van der Waals surface area contributed by atoms with Crippen molar-refractivity contribution in [3.8, 4) is 0 Å². The normalized spacial score (nSPS) is 25.3. The van der Waals surface area contributed by atoms with Gasteiger partial charge in [-0.25, -0.2) is 0 Å². The van der Waals surface area contributed by atoms with Crippen LogP contribution in [0.5, 0.6) is 0 Å². The highest BCUT2D eigenvalue weighted by Crippen LogP contribution is 2.30. The maximum absolute atomic E-state index is 13.2. The zero-order chi connectivity index (χ0) is 56.0. The van der Waals surface area contributed by atoms with Crippen molar-refractivity contribution >= 4 is 5.91 Å². The summed E-state index contributed by atoms with van der Waals surface area (Å²) in [7, 11) is 0. The van der Waals surface area contributed by atoms with Gasteiger partial charge in [-0.3, -0.25) is 4.79 Å². The predicted octanol–water partition coefficient (Wildman–Crippen LogP) is 10.5. The fraction of sp³-hybridized carbons (Fsp3) is 0.762.